The van der Waals surface area contributed by atoms with Gasteiger partial charge in [-0.2, -0.15) is 0 Å². The highest BCUT2D eigenvalue weighted by Gasteiger charge is 2.23. The summed E-state index contributed by atoms with van der Waals surface area (Å²) >= 11 is 0. The highest BCUT2D eigenvalue weighted by atomic mass is 16.5. The van der Waals surface area contributed by atoms with Gasteiger partial charge in [0.15, 0.2) is 0 Å². The number of hydrogen-bond acceptors (Lipinski definition) is 4. The van der Waals surface area contributed by atoms with Crippen LogP contribution in [0, 0.1) is 0 Å². The number of amides is 1. The van der Waals surface area contributed by atoms with Gasteiger partial charge >= 0.3 is 0 Å². The fraction of sp³-hybridized carbons (Fsp3) is 0.650. The highest BCUT2D eigenvalue weighted by Crippen LogP contribution is 2.38. The Morgan fingerprint density at radius 1 is 1.04 bits per heavy atom. The number of nitrogens with one attached hydrogen (secondary N) is 1. The molecular formula is C20H31N3O2. The SMILES string of the molecule is CCOCCCC(=O)Nc1c(N2CCCC2)cccc1N1CCCC1. The quantitative estimate of drug-likeness (QED) is 0.731. The van der Waals surface area contributed by atoms with Gasteiger partial charge in [-0.1, -0.05) is 6.07 Å². The predicted octanol–water partition coefficient (Wildman–Crippen LogP) is 3.64. The highest BCUT2D eigenvalue weighted by molar-refractivity contribution is 5.99. The summed E-state index contributed by atoms with van der Waals surface area (Å²) in [4.78, 5) is 17.3. The first-order valence-electron chi connectivity index (χ1n) is 9.80. The van der Waals surface area contributed by atoms with Crippen LogP contribution in [0.25, 0.3) is 0 Å². The standard InChI is InChI=1S/C20H31N3O2/c1-2-25-16-8-11-19(24)21-20-17(22-12-3-4-13-22)9-7-10-18(20)23-14-5-6-15-23/h7,9-10H,2-6,8,11-16H2,1H3,(H,21,24). The smallest absolute Gasteiger partial charge is 0.224 e. The molecule has 5 nitrogen and oxygen atoms in total. The largest absolute Gasteiger partial charge is 0.382 e. The Kier molecular flexibility index (Phi) is 6.56. The molecule has 2 fully saturated rings. The molecule has 1 amide bonds. The fourth-order valence-corrected chi connectivity index (χ4v) is 3.78. The Balaban J connectivity index is 1.76. The maximum absolute atomic E-state index is 12.5. The Labute approximate surface area is 151 Å². The van der Waals surface area contributed by atoms with Gasteiger partial charge in [0.05, 0.1) is 17.1 Å². The molecule has 3 rings (SSSR count). The van der Waals surface area contributed by atoms with Gasteiger partial charge in [0.25, 0.3) is 0 Å². The lowest BCUT2D eigenvalue weighted by atomic mass is 10.1. The van der Waals surface area contributed by atoms with Gasteiger partial charge in [-0.25, -0.2) is 0 Å². The maximum atomic E-state index is 12.5. The molecule has 5 heteroatoms. The van der Waals surface area contributed by atoms with Crippen molar-refractivity contribution in [1.29, 1.82) is 0 Å². The number of benzene rings is 1. The van der Waals surface area contributed by atoms with E-state index in [2.05, 4.69) is 33.3 Å². The number of carbonyl (C=O) groups is 1. The minimum atomic E-state index is 0.0896. The van der Waals surface area contributed by atoms with E-state index in [1.54, 1.807) is 0 Å². The Morgan fingerprint density at radius 3 is 2.12 bits per heavy atom. The summed E-state index contributed by atoms with van der Waals surface area (Å²) in [7, 11) is 0. The summed E-state index contributed by atoms with van der Waals surface area (Å²) in [5.74, 6) is 0.0896. The van der Waals surface area contributed by atoms with E-state index in [9.17, 15) is 4.79 Å². The van der Waals surface area contributed by atoms with E-state index in [-0.39, 0.29) is 5.91 Å². The molecule has 2 aliphatic heterocycles. The molecule has 0 saturated carbocycles. The second-order valence-electron chi connectivity index (χ2n) is 6.91. The number of carbonyl (C=O) groups excluding carboxylic acids is 1. The molecule has 0 aliphatic carbocycles. The number of ether oxygens (including phenoxy) is 1. The molecule has 2 heterocycles. The maximum Gasteiger partial charge on any atom is 0.224 e. The number of anilines is 3. The van der Waals surface area contributed by atoms with E-state index in [1.807, 2.05) is 6.92 Å². The van der Waals surface area contributed by atoms with Crippen LogP contribution in [0.2, 0.25) is 0 Å². The molecule has 2 saturated heterocycles. The minimum Gasteiger partial charge on any atom is -0.382 e. The number of nitrogens with zero attached hydrogens (tertiary/aromatic N) is 2. The minimum absolute atomic E-state index is 0.0896. The first-order chi connectivity index (χ1) is 12.3. The van der Waals surface area contributed by atoms with Crippen molar-refractivity contribution < 1.29 is 9.53 Å². The van der Waals surface area contributed by atoms with Crippen LogP contribution < -0.4 is 15.1 Å². The van der Waals surface area contributed by atoms with Crippen LogP contribution in [0.1, 0.15) is 45.4 Å². The lowest BCUT2D eigenvalue weighted by molar-refractivity contribution is -0.116. The molecule has 0 bridgehead atoms. The van der Waals surface area contributed by atoms with Gasteiger partial charge in [0.2, 0.25) is 5.91 Å². The summed E-state index contributed by atoms with van der Waals surface area (Å²) in [5, 5.41) is 3.23. The predicted molar refractivity (Wildman–Crippen MR) is 104 cm³/mol. The average Bonchev–Trinajstić information content (AvgIpc) is 3.32. The molecule has 0 unspecified atom stereocenters. The zero-order valence-electron chi connectivity index (χ0n) is 15.4. The van der Waals surface area contributed by atoms with Gasteiger partial charge in [0.1, 0.15) is 0 Å². The number of hydrogen-bond donors (Lipinski definition) is 1. The van der Waals surface area contributed by atoms with Crippen LogP contribution in [0.5, 0.6) is 0 Å². The first-order valence-corrected chi connectivity index (χ1v) is 9.80. The van der Waals surface area contributed by atoms with Crippen molar-refractivity contribution in [3.63, 3.8) is 0 Å². The molecule has 1 aromatic carbocycles. The monoisotopic (exact) mass is 345 g/mol. The molecule has 1 aromatic rings. The summed E-state index contributed by atoms with van der Waals surface area (Å²) in [5.41, 5.74) is 3.37. The topological polar surface area (TPSA) is 44.8 Å². The second kappa shape index (κ2) is 9.09. The summed E-state index contributed by atoms with van der Waals surface area (Å²) in [6.07, 6.45) is 6.20. The van der Waals surface area contributed by atoms with Gasteiger partial charge in [-0.3, -0.25) is 4.79 Å². The van der Waals surface area contributed by atoms with E-state index < -0.39 is 0 Å². The molecule has 0 atom stereocenters. The average molecular weight is 345 g/mol. The Morgan fingerprint density at radius 2 is 1.60 bits per heavy atom. The van der Waals surface area contributed by atoms with E-state index in [0.717, 1.165) is 38.3 Å². The third kappa shape index (κ3) is 4.66. The zero-order chi connectivity index (χ0) is 17.5. The van der Waals surface area contributed by atoms with Gasteiger partial charge in [-0.15, -0.1) is 0 Å². The summed E-state index contributed by atoms with van der Waals surface area (Å²) < 4.78 is 5.35. The molecule has 0 spiro atoms. The van der Waals surface area contributed by atoms with Crippen LogP contribution >= 0.6 is 0 Å². The Hall–Kier alpha value is -1.75. The molecule has 0 radical (unpaired) electrons. The first kappa shape index (κ1) is 18.1. The molecule has 1 N–H and O–H groups in total. The van der Waals surface area contributed by atoms with Crippen LogP contribution in [0.4, 0.5) is 17.1 Å². The normalized spacial score (nSPS) is 17.3. The Bertz CT molecular complexity index is 530. The third-order valence-electron chi connectivity index (χ3n) is 5.08. The summed E-state index contributed by atoms with van der Waals surface area (Å²) in [6, 6.07) is 6.44. The van der Waals surface area contributed by atoms with Crippen LogP contribution in [-0.2, 0) is 9.53 Å². The van der Waals surface area contributed by atoms with Crippen LogP contribution in [-0.4, -0.2) is 45.3 Å². The van der Waals surface area contributed by atoms with Crippen LogP contribution in [0.15, 0.2) is 18.2 Å². The zero-order valence-corrected chi connectivity index (χ0v) is 15.4. The van der Waals surface area contributed by atoms with Crippen molar-refractivity contribution in [3.05, 3.63) is 18.2 Å². The lowest BCUT2D eigenvalue weighted by Gasteiger charge is -2.28. The van der Waals surface area contributed by atoms with E-state index in [0.29, 0.717) is 19.6 Å². The van der Waals surface area contributed by atoms with Crippen LogP contribution in [0.3, 0.4) is 0 Å². The second-order valence-corrected chi connectivity index (χ2v) is 6.91. The molecular weight excluding hydrogens is 314 g/mol. The van der Waals surface area contributed by atoms with E-state index >= 15 is 0 Å². The number of rotatable bonds is 8. The molecule has 0 aromatic heterocycles. The van der Waals surface area contributed by atoms with Crippen molar-refractivity contribution in [1.82, 2.24) is 0 Å². The van der Waals surface area contributed by atoms with Crippen molar-refractivity contribution in [3.8, 4) is 0 Å². The van der Waals surface area contributed by atoms with Gasteiger partial charge in [0, 0.05) is 45.8 Å². The fourth-order valence-electron chi connectivity index (χ4n) is 3.78. The van der Waals surface area contributed by atoms with Crippen molar-refractivity contribution >= 4 is 23.0 Å². The van der Waals surface area contributed by atoms with Gasteiger partial charge in [-0.05, 0) is 51.2 Å². The van der Waals surface area contributed by atoms with Crippen molar-refractivity contribution in [2.75, 3.05) is 54.5 Å². The lowest BCUT2D eigenvalue weighted by Crippen LogP contribution is -2.25. The van der Waals surface area contributed by atoms with E-state index in [1.165, 1.54) is 37.1 Å². The third-order valence-corrected chi connectivity index (χ3v) is 5.08. The molecule has 25 heavy (non-hydrogen) atoms. The van der Waals surface area contributed by atoms with Gasteiger partial charge < -0.3 is 19.9 Å². The molecule has 2 aliphatic rings. The molecule has 138 valence electrons. The summed E-state index contributed by atoms with van der Waals surface area (Å²) in [6.45, 7) is 7.66. The van der Waals surface area contributed by atoms with E-state index in [4.69, 9.17) is 4.74 Å². The van der Waals surface area contributed by atoms with Crippen molar-refractivity contribution in [2.24, 2.45) is 0 Å². The number of para-hydroxylation sites is 1. The van der Waals surface area contributed by atoms with Crippen molar-refractivity contribution in [2.45, 2.75) is 45.4 Å².